The number of anilines is 3. The topological polar surface area (TPSA) is 119 Å². The van der Waals surface area contributed by atoms with Crippen LogP contribution in [0.1, 0.15) is 41.6 Å². The molecule has 132 valence electrons. The molecule has 1 aliphatic carbocycles. The van der Waals surface area contributed by atoms with Gasteiger partial charge in [-0.3, -0.25) is 4.79 Å². The number of nitrogens with one attached hydrogen (secondary N) is 2. The highest BCUT2D eigenvalue weighted by Gasteiger charge is 2.21. The van der Waals surface area contributed by atoms with Crippen LogP contribution in [-0.4, -0.2) is 28.0 Å². The number of benzene rings is 1. The van der Waals surface area contributed by atoms with Crippen molar-refractivity contribution in [3.05, 3.63) is 41.6 Å². The summed E-state index contributed by atoms with van der Waals surface area (Å²) >= 11 is 0. The van der Waals surface area contributed by atoms with Gasteiger partial charge >= 0.3 is 0 Å². The number of carbonyl (C=O) groups excluding carboxylic acids is 1. The summed E-state index contributed by atoms with van der Waals surface area (Å²) in [6.07, 6.45) is 5.28. The largest absolute Gasteiger partial charge is 0.367 e. The lowest BCUT2D eigenvalue weighted by atomic mass is 9.92. The van der Waals surface area contributed by atoms with Gasteiger partial charge in [-0.05, 0) is 44.7 Å². The molecule has 0 aliphatic heterocycles. The maximum Gasteiger partial charge on any atom is 0.254 e. The number of hydrogen-bond acceptors (Lipinski definition) is 6. The molecule has 7 nitrogen and oxygen atoms in total. The summed E-state index contributed by atoms with van der Waals surface area (Å²) in [5.41, 5.74) is 13.8. The van der Waals surface area contributed by atoms with Crippen molar-refractivity contribution in [1.29, 1.82) is 0 Å². The molecule has 0 saturated heterocycles. The average Bonchev–Trinajstić information content (AvgIpc) is 2.59. The molecule has 1 aromatic heterocycles. The number of rotatable bonds is 5. The second-order valence-electron chi connectivity index (χ2n) is 6.57. The summed E-state index contributed by atoms with van der Waals surface area (Å²) in [5, 5.41) is 6.49. The Kier molecular flexibility index (Phi) is 5.14. The van der Waals surface area contributed by atoms with Gasteiger partial charge in [0.25, 0.3) is 5.91 Å². The molecule has 7 heteroatoms. The van der Waals surface area contributed by atoms with E-state index in [1.54, 1.807) is 0 Å². The zero-order valence-corrected chi connectivity index (χ0v) is 14.3. The molecule has 0 unspecified atom stereocenters. The predicted molar refractivity (Wildman–Crippen MR) is 98.9 cm³/mol. The zero-order chi connectivity index (χ0) is 17.8. The second kappa shape index (κ2) is 7.48. The van der Waals surface area contributed by atoms with Gasteiger partial charge in [0.05, 0.1) is 5.56 Å². The SMILES string of the molecule is Cc1ccc(Nc2ncc(C(N)=O)c(N[C@H]3CC[C@@H](N)CC3)n2)cc1. The van der Waals surface area contributed by atoms with Gasteiger partial charge in [0.1, 0.15) is 5.82 Å². The van der Waals surface area contributed by atoms with E-state index in [0.29, 0.717) is 17.3 Å². The normalized spacial score (nSPS) is 20.1. The van der Waals surface area contributed by atoms with Crippen LogP contribution in [0.5, 0.6) is 0 Å². The molecule has 1 fully saturated rings. The van der Waals surface area contributed by atoms with Crippen LogP contribution in [0.3, 0.4) is 0 Å². The molecule has 25 heavy (non-hydrogen) atoms. The van der Waals surface area contributed by atoms with E-state index in [9.17, 15) is 4.79 Å². The summed E-state index contributed by atoms with van der Waals surface area (Å²) in [7, 11) is 0. The Labute approximate surface area is 147 Å². The Hall–Kier alpha value is -2.67. The van der Waals surface area contributed by atoms with Crippen LogP contribution in [-0.2, 0) is 0 Å². The lowest BCUT2D eigenvalue weighted by molar-refractivity contribution is 0.100. The molecule has 1 heterocycles. The first-order valence-electron chi connectivity index (χ1n) is 8.54. The molecule has 2 aromatic rings. The molecule has 0 atom stereocenters. The number of hydrogen-bond donors (Lipinski definition) is 4. The monoisotopic (exact) mass is 340 g/mol. The minimum absolute atomic E-state index is 0.236. The minimum atomic E-state index is -0.545. The number of aryl methyl sites for hydroxylation is 1. The molecular weight excluding hydrogens is 316 g/mol. The van der Waals surface area contributed by atoms with E-state index in [4.69, 9.17) is 11.5 Å². The average molecular weight is 340 g/mol. The lowest BCUT2D eigenvalue weighted by Gasteiger charge is -2.27. The minimum Gasteiger partial charge on any atom is -0.367 e. The molecule has 0 radical (unpaired) electrons. The van der Waals surface area contributed by atoms with Crippen molar-refractivity contribution in [2.75, 3.05) is 10.6 Å². The van der Waals surface area contributed by atoms with Gasteiger partial charge in [0, 0.05) is 24.0 Å². The van der Waals surface area contributed by atoms with E-state index < -0.39 is 5.91 Å². The van der Waals surface area contributed by atoms with Crippen LogP contribution in [0, 0.1) is 6.92 Å². The van der Waals surface area contributed by atoms with Crippen LogP contribution < -0.4 is 22.1 Å². The fourth-order valence-electron chi connectivity index (χ4n) is 2.96. The Morgan fingerprint density at radius 3 is 2.48 bits per heavy atom. The Morgan fingerprint density at radius 2 is 1.84 bits per heavy atom. The van der Waals surface area contributed by atoms with Crippen molar-refractivity contribution in [2.45, 2.75) is 44.7 Å². The first-order chi connectivity index (χ1) is 12.0. The highest BCUT2D eigenvalue weighted by atomic mass is 16.1. The quantitative estimate of drug-likeness (QED) is 0.663. The van der Waals surface area contributed by atoms with Gasteiger partial charge in [-0.2, -0.15) is 4.98 Å². The van der Waals surface area contributed by atoms with Gasteiger partial charge in [-0.15, -0.1) is 0 Å². The number of aromatic nitrogens is 2. The van der Waals surface area contributed by atoms with Crippen LogP contribution in [0.4, 0.5) is 17.5 Å². The molecule has 3 rings (SSSR count). The molecule has 1 aromatic carbocycles. The molecule has 1 amide bonds. The summed E-state index contributed by atoms with van der Waals surface area (Å²) in [6.45, 7) is 2.03. The van der Waals surface area contributed by atoms with E-state index in [1.165, 1.54) is 11.8 Å². The van der Waals surface area contributed by atoms with Crippen molar-refractivity contribution in [2.24, 2.45) is 11.5 Å². The number of primary amides is 1. The van der Waals surface area contributed by atoms with Crippen molar-refractivity contribution in [3.63, 3.8) is 0 Å². The third-order valence-electron chi connectivity index (χ3n) is 4.47. The van der Waals surface area contributed by atoms with E-state index >= 15 is 0 Å². The maximum atomic E-state index is 11.7. The van der Waals surface area contributed by atoms with Crippen LogP contribution >= 0.6 is 0 Å². The van der Waals surface area contributed by atoms with Gasteiger partial charge in [0.2, 0.25) is 5.95 Å². The third kappa shape index (κ3) is 4.45. The standard InChI is InChI=1S/C18H24N6O/c1-11-2-6-14(7-3-11)23-18-21-10-15(16(20)25)17(24-18)22-13-8-4-12(19)5-9-13/h2-3,6-7,10,12-13H,4-5,8-9,19H2,1H3,(H2,20,25)(H2,21,22,23,24)/t12-,13+. The molecule has 0 bridgehead atoms. The van der Waals surface area contributed by atoms with Crippen LogP contribution in [0.15, 0.2) is 30.5 Å². The number of amides is 1. The maximum absolute atomic E-state index is 11.7. The first kappa shape index (κ1) is 17.2. The fraction of sp³-hybridized carbons (Fsp3) is 0.389. The van der Waals surface area contributed by atoms with Crippen LogP contribution in [0.2, 0.25) is 0 Å². The molecule has 0 spiro atoms. The van der Waals surface area contributed by atoms with E-state index in [-0.39, 0.29) is 12.1 Å². The second-order valence-corrected chi connectivity index (χ2v) is 6.57. The van der Waals surface area contributed by atoms with Gasteiger partial charge in [-0.25, -0.2) is 4.98 Å². The van der Waals surface area contributed by atoms with E-state index in [2.05, 4.69) is 20.6 Å². The molecule has 1 aliphatic rings. The van der Waals surface area contributed by atoms with Gasteiger partial charge in [-0.1, -0.05) is 17.7 Å². The highest BCUT2D eigenvalue weighted by molar-refractivity contribution is 5.97. The molecule has 6 N–H and O–H groups in total. The summed E-state index contributed by atoms with van der Waals surface area (Å²) in [6, 6.07) is 8.42. The van der Waals surface area contributed by atoms with E-state index in [1.807, 2.05) is 31.2 Å². The number of carbonyl (C=O) groups is 1. The predicted octanol–water partition coefficient (Wildman–Crippen LogP) is 2.31. The van der Waals surface area contributed by atoms with E-state index in [0.717, 1.165) is 31.4 Å². The Balaban J connectivity index is 1.79. The summed E-state index contributed by atoms with van der Waals surface area (Å²) in [4.78, 5) is 20.3. The first-order valence-corrected chi connectivity index (χ1v) is 8.54. The zero-order valence-electron chi connectivity index (χ0n) is 14.3. The fourth-order valence-corrected chi connectivity index (χ4v) is 2.96. The smallest absolute Gasteiger partial charge is 0.254 e. The summed E-state index contributed by atoms with van der Waals surface area (Å²) in [5.74, 6) is 0.346. The Morgan fingerprint density at radius 1 is 1.16 bits per heavy atom. The van der Waals surface area contributed by atoms with Crippen LogP contribution in [0.25, 0.3) is 0 Å². The third-order valence-corrected chi connectivity index (χ3v) is 4.47. The van der Waals surface area contributed by atoms with Crippen molar-refractivity contribution >= 4 is 23.4 Å². The Bertz CT molecular complexity index is 738. The van der Waals surface area contributed by atoms with Crippen molar-refractivity contribution in [3.8, 4) is 0 Å². The molecular formula is C18H24N6O. The van der Waals surface area contributed by atoms with Gasteiger partial charge < -0.3 is 22.1 Å². The highest BCUT2D eigenvalue weighted by Crippen LogP contribution is 2.23. The van der Waals surface area contributed by atoms with Crippen molar-refractivity contribution in [1.82, 2.24) is 9.97 Å². The van der Waals surface area contributed by atoms with Crippen molar-refractivity contribution < 1.29 is 4.79 Å². The number of nitrogens with two attached hydrogens (primary N) is 2. The summed E-state index contributed by atoms with van der Waals surface area (Å²) < 4.78 is 0. The molecule has 1 saturated carbocycles. The van der Waals surface area contributed by atoms with Gasteiger partial charge in [0.15, 0.2) is 0 Å². The number of nitrogens with zero attached hydrogens (tertiary/aromatic N) is 2. The lowest BCUT2D eigenvalue weighted by Crippen LogP contribution is -2.33.